The zero-order chi connectivity index (χ0) is 16.3. The molecule has 118 valence electrons. The predicted octanol–water partition coefficient (Wildman–Crippen LogP) is 2.64. The van der Waals surface area contributed by atoms with Crippen LogP contribution in [0.5, 0.6) is 0 Å². The summed E-state index contributed by atoms with van der Waals surface area (Å²) >= 11 is 12.5. The van der Waals surface area contributed by atoms with Crippen molar-refractivity contribution in [3.05, 3.63) is 60.1 Å². The molecular weight excluding hydrogens is 337 g/mol. The van der Waals surface area contributed by atoms with Crippen LogP contribution in [0.15, 0.2) is 54.3 Å². The van der Waals surface area contributed by atoms with E-state index in [0.717, 1.165) is 12.8 Å². The van der Waals surface area contributed by atoms with E-state index in [1.807, 2.05) is 36.4 Å². The number of amides is 1. The van der Waals surface area contributed by atoms with Gasteiger partial charge in [-0.3, -0.25) is 4.79 Å². The second kappa shape index (κ2) is 6.52. The first-order valence-electron chi connectivity index (χ1n) is 6.99. The molecule has 2 aromatic rings. The van der Waals surface area contributed by atoms with Gasteiger partial charge in [0, 0.05) is 5.70 Å². The number of hydrogen-bond acceptors (Lipinski definition) is 4. The summed E-state index contributed by atoms with van der Waals surface area (Å²) in [6.45, 7) is 0. The Kier molecular flexibility index (Phi) is 4.45. The Morgan fingerprint density at radius 3 is 2.70 bits per heavy atom. The number of tetrazole rings is 1. The molecule has 0 fully saturated rings. The average Bonchev–Trinajstić information content (AvgIpc) is 3.07. The lowest BCUT2D eigenvalue weighted by Gasteiger charge is -2.19. The lowest BCUT2D eigenvalue weighted by atomic mass is 10.1. The zero-order valence-corrected chi connectivity index (χ0v) is 13.5. The lowest BCUT2D eigenvalue weighted by Crippen LogP contribution is -2.38. The summed E-state index contributed by atoms with van der Waals surface area (Å²) in [6.07, 6.45) is 7.48. The van der Waals surface area contributed by atoms with Gasteiger partial charge >= 0.3 is 0 Å². The van der Waals surface area contributed by atoms with Crippen LogP contribution in [0.2, 0.25) is 0 Å². The van der Waals surface area contributed by atoms with Crippen LogP contribution in [0.25, 0.3) is 5.69 Å². The highest BCUT2D eigenvalue weighted by atomic mass is 35.5. The van der Waals surface area contributed by atoms with Gasteiger partial charge in [-0.15, -0.1) is 5.10 Å². The van der Waals surface area contributed by atoms with E-state index in [2.05, 4.69) is 20.8 Å². The highest BCUT2D eigenvalue weighted by molar-refractivity contribution is 6.57. The van der Waals surface area contributed by atoms with Crippen molar-refractivity contribution in [1.82, 2.24) is 25.5 Å². The summed E-state index contributed by atoms with van der Waals surface area (Å²) in [5.41, 5.74) is 1.31. The number of carbonyl (C=O) groups is 1. The summed E-state index contributed by atoms with van der Waals surface area (Å²) in [5.74, 6) is -0.574. The Labute approximate surface area is 142 Å². The second-order valence-electron chi connectivity index (χ2n) is 4.92. The van der Waals surface area contributed by atoms with Crippen molar-refractivity contribution in [1.29, 1.82) is 0 Å². The van der Waals surface area contributed by atoms with Gasteiger partial charge < -0.3 is 5.32 Å². The van der Waals surface area contributed by atoms with Gasteiger partial charge in [0.25, 0.3) is 10.2 Å². The normalized spacial score (nSPS) is 14.4. The standard InChI is InChI=1S/C15H13Cl2N5O/c16-15(17,14(23)18-11-7-3-1-4-8-11)13-19-20-21-22(13)12-9-5-2-6-10-12/h2-3,5-10H,1,4H2,(H,18,23). The number of alkyl halides is 2. The van der Waals surface area contributed by atoms with E-state index in [9.17, 15) is 4.79 Å². The Balaban J connectivity index is 1.88. The molecule has 0 radical (unpaired) electrons. The van der Waals surface area contributed by atoms with E-state index in [4.69, 9.17) is 23.2 Å². The van der Waals surface area contributed by atoms with Crippen LogP contribution < -0.4 is 5.32 Å². The third-order valence-corrected chi connectivity index (χ3v) is 3.97. The summed E-state index contributed by atoms with van der Waals surface area (Å²) in [6, 6.07) is 9.07. The summed E-state index contributed by atoms with van der Waals surface area (Å²) in [5, 5.41) is 13.9. The Morgan fingerprint density at radius 2 is 2.00 bits per heavy atom. The van der Waals surface area contributed by atoms with E-state index in [-0.39, 0.29) is 5.82 Å². The van der Waals surface area contributed by atoms with Gasteiger partial charge in [-0.05, 0) is 41.5 Å². The zero-order valence-electron chi connectivity index (χ0n) is 12.0. The van der Waals surface area contributed by atoms with Crippen LogP contribution in [0.1, 0.15) is 18.7 Å². The molecule has 0 bridgehead atoms. The molecule has 1 aliphatic rings. The van der Waals surface area contributed by atoms with Gasteiger partial charge in [0.15, 0.2) is 0 Å². The van der Waals surface area contributed by atoms with E-state index >= 15 is 0 Å². The molecule has 1 aliphatic carbocycles. The molecule has 0 unspecified atom stereocenters. The molecular formula is C15H13Cl2N5O. The van der Waals surface area contributed by atoms with E-state index in [0.29, 0.717) is 11.4 Å². The fourth-order valence-electron chi connectivity index (χ4n) is 2.14. The minimum atomic E-state index is -1.93. The predicted molar refractivity (Wildman–Crippen MR) is 87.1 cm³/mol. The number of carbonyl (C=O) groups excluding carboxylic acids is 1. The number of nitrogens with one attached hydrogen (secondary N) is 1. The van der Waals surface area contributed by atoms with E-state index < -0.39 is 10.2 Å². The quantitative estimate of drug-likeness (QED) is 0.861. The summed E-state index contributed by atoms with van der Waals surface area (Å²) in [4.78, 5) is 12.5. The maximum Gasteiger partial charge on any atom is 0.268 e. The average molecular weight is 350 g/mol. The highest BCUT2D eigenvalue weighted by Gasteiger charge is 2.42. The van der Waals surface area contributed by atoms with Crippen LogP contribution in [0, 0.1) is 0 Å². The maximum absolute atomic E-state index is 12.5. The number of rotatable bonds is 4. The van der Waals surface area contributed by atoms with E-state index in [1.54, 1.807) is 12.1 Å². The molecule has 6 nitrogen and oxygen atoms in total. The minimum absolute atomic E-state index is 0.0323. The van der Waals surface area contributed by atoms with E-state index in [1.165, 1.54) is 4.68 Å². The molecule has 0 atom stereocenters. The van der Waals surface area contributed by atoms with Gasteiger partial charge in [-0.1, -0.05) is 53.6 Å². The number of aromatic nitrogens is 4. The molecule has 0 spiro atoms. The lowest BCUT2D eigenvalue weighted by molar-refractivity contribution is -0.121. The van der Waals surface area contributed by atoms with Crippen molar-refractivity contribution in [3.63, 3.8) is 0 Å². The van der Waals surface area contributed by atoms with Gasteiger partial charge in [0.05, 0.1) is 5.69 Å². The smallest absolute Gasteiger partial charge is 0.268 e. The Bertz CT molecular complexity index is 767. The third kappa shape index (κ3) is 3.28. The molecule has 0 saturated carbocycles. The minimum Gasteiger partial charge on any atom is -0.323 e. The first kappa shape index (κ1) is 15.7. The number of benzene rings is 1. The van der Waals surface area contributed by atoms with Crippen LogP contribution in [-0.2, 0) is 9.13 Å². The van der Waals surface area contributed by atoms with Gasteiger partial charge in [-0.25, -0.2) is 0 Å². The van der Waals surface area contributed by atoms with Crippen LogP contribution in [0.4, 0.5) is 0 Å². The first-order chi connectivity index (χ1) is 11.1. The fourth-order valence-corrected chi connectivity index (χ4v) is 2.47. The summed E-state index contributed by atoms with van der Waals surface area (Å²) < 4.78 is -0.587. The molecule has 1 amide bonds. The van der Waals surface area contributed by atoms with Gasteiger partial charge in [0.1, 0.15) is 0 Å². The monoisotopic (exact) mass is 349 g/mol. The van der Waals surface area contributed by atoms with Crippen LogP contribution >= 0.6 is 23.2 Å². The molecule has 1 heterocycles. The van der Waals surface area contributed by atoms with Crippen molar-refractivity contribution in [2.45, 2.75) is 17.2 Å². The molecule has 0 saturated heterocycles. The molecule has 3 rings (SSSR count). The third-order valence-electron chi connectivity index (χ3n) is 3.29. The highest BCUT2D eigenvalue weighted by Crippen LogP contribution is 2.33. The number of allylic oxidation sites excluding steroid dienone is 3. The molecule has 23 heavy (non-hydrogen) atoms. The molecule has 1 N–H and O–H groups in total. The number of para-hydroxylation sites is 1. The number of nitrogens with zero attached hydrogens (tertiary/aromatic N) is 4. The van der Waals surface area contributed by atoms with Crippen molar-refractivity contribution < 1.29 is 4.79 Å². The molecule has 0 aliphatic heterocycles. The largest absolute Gasteiger partial charge is 0.323 e. The van der Waals surface area contributed by atoms with Crippen molar-refractivity contribution in [3.8, 4) is 5.69 Å². The Morgan fingerprint density at radius 1 is 1.22 bits per heavy atom. The van der Waals surface area contributed by atoms with Gasteiger partial charge in [0.2, 0.25) is 5.82 Å². The van der Waals surface area contributed by atoms with Crippen molar-refractivity contribution in [2.24, 2.45) is 0 Å². The maximum atomic E-state index is 12.5. The SMILES string of the molecule is O=C(NC1=CCCC=C1)C(Cl)(Cl)c1nnnn1-c1ccccc1. The van der Waals surface area contributed by atoms with Crippen LogP contribution in [-0.4, -0.2) is 26.1 Å². The number of halogens is 2. The van der Waals surface area contributed by atoms with Crippen molar-refractivity contribution >= 4 is 29.1 Å². The van der Waals surface area contributed by atoms with Crippen LogP contribution in [0.3, 0.4) is 0 Å². The molecule has 8 heteroatoms. The van der Waals surface area contributed by atoms with Gasteiger partial charge in [-0.2, -0.15) is 4.68 Å². The van der Waals surface area contributed by atoms with Crippen molar-refractivity contribution in [2.75, 3.05) is 0 Å². The summed E-state index contributed by atoms with van der Waals surface area (Å²) in [7, 11) is 0. The molecule has 1 aromatic carbocycles. The second-order valence-corrected chi connectivity index (χ2v) is 6.24. The molecule has 1 aromatic heterocycles. The first-order valence-corrected chi connectivity index (χ1v) is 7.75. The topological polar surface area (TPSA) is 72.7 Å². The Hall–Kier alpha value is -2.18. The fraction of sp³-hybridized carbons (Fsp3) is 0.200. The number of hydrogen-bond donors (Lipinski definition) is 1.